The Morgan fingerprint density at radius 2 is 2.08 bits per heavy atom. The molecule has 24 heavy (non-hydrogen) atoms. The van der Waals surface area contributed by atoms with Gasteiger partial charge in [-0.2, -0.15) is 0 Å². The first-order valence-corrected chi connectivity index (χ1v) is 8.53. The topological polar surface area (TPSA) is 75.4 Å². The molecule has 5 nitrogen and oxygen atoms in total. The van der Waals surface area contributed by atoms with E-state index in [4.69, 9.17) is 5.73 Å². The molecule has 1 aliphatic carbocycles. The Balaban J connectivity index is 1.44. The summed E-state index contributed by atoms with van der Waals surface area (Å²) in [6.07, 6.45) is 3.58. The lowest BCUT2D eigenvalue weighted by Crippen LogP contribution is -2.42. The van der Waals surface area contributed by atoms with E-state index in [0.717, 1.165) is 31.4 Å². The maximum Gasteiger partial charge on any atom is 0.234 e. The molecule has 1 aromatic carbocycles. The molecule has 2 amide bonds. The smallest absolute Gasteiger partial charge is 0.234 e. The van der Waals surface area contributed by atoms with Crippen LogP contribution in [-0.4, -0.2) is 42.9 Å². The van der Waals surface area contributed by atoms with Crippen LogP contribution in [0.1, 0.15) is 24.8 Å². The summed E-state index contributed by atoms with van der Waals surface area (Å²) < 4.78 is 12.8. The number of carbonyl (C=O) groups excluding carboxylic acids is 2. The second-order valence-electron chi connectivity index (χ2n) is 7.01. The Morgan fingerprint density at radius 3 is 2.75 bits per heavy atom. The fraction of sp³-hybridized carbons (Fsp3) is 0.556. The average molecular weight is 333 g/mol. The molecule has 2 atom stereocenters. The molecular formula is C18H24FN3O2. The fourth-order valence-electron chi connectivity index (χ4n) is 4.17. The number of amides is 2. The van der Waals surface area contributed by atoms with Gasteiger partial charge in [0.15, 0.2) is 0 Å². The van der Waals surface area contributed by atoms with Crippen molar-refractivity contribution in [3.63, 3.8) is 0 Å². The summed E-state index contributed by atoms with van der Waals surface area (Å²) in [4.78, 5) is 26.0. The third-order valence-corrected chi connectivity index (χ3v) is 5.45. The van der Waals surface area contributed by atoms with Gasteiger partial charge in [-0.25, -0.2) is 4.39 Å². The van der Waals surface area contributed by atoms with Crippen LogP contribution in [-0.2, 0) is 16.0 Å². The van der Waals surface area contributed by atoms with Crippen LogP contribution in [0.25, 0.3) is 0 Å². The highest BCUT2D eigenvalue weighted by atomic mass is 19.1. The Kier molecular flexibility index (Phi) is 4.85. The van der Waals surface area contributed by atoms with E-state index < -0.39 is 5.41 Å². The van der Waals surface area contributed by atoms with Crippen molar-refractivity contribution in [1.29, 1.82) is 0 Å². The van der Waals surface area contributed by atoms with E-state index in [1.165, 1.54) is 12.1 Å². The maximum absolute atomic E-state index is 12.8. The van der Waals surface area contributed by atoms with Crippen molar-refractivity contribution in [2.75, 3.05) is 26.2 Å². The first-order valence-electron chi connectivity index (χ1n) is 8.53. The molecule has 1 saturated carbocycles. The number of nitrogens with zero attached hydrogens (tertiary/aromatic N) is 1. The first-order chi connectivity index (χ1) is 11.5. The van der Waals surface area contributed by atoms with Gasteiger partial charge in [0.25, 0.3) is 0 Å². The summed E-state index contributed by atoms with van der Waals surface area (Å²) in [6, 6.07) is 6.28. The first kappa shape index (κ1) is 16.9. The van der Waals surface area contributed by atoms with Crippen LogP contribution in [0.5, 0.6) is 0 Å². The number of fused-ring (bicyclic) bond motifs is 1. The molecule has 2 fully saturated rings. The summed E-state index contributed by atoms with van der Waals surface area (Å²) in [7, 11) is 0. The van der Waals surface area contributed by atoms with Gasteiger partial charge in [-0.15, -0.1) is 0 Å². The Bertz CT molecular complexity index is 619. The number of primary amides is 1. The van der Waals surface area contributed by atoms with Gasteiger partial charge in [0, 0.05) is 19.6 Å². The van der Waals surface area contributed by atoms with Gasteiger partial charge >= 0.3 is 0 Å². The highest BCUT2D eigenvalue weighted by Gasteiger charge is 2.53. The Morgan fingerprint density at radius 1 is 1.33 bits per heavy atom. The van der Waals surface area contributed by atoms with E-state index in [2.05, 4.69) is 5.32 Å². The predicted molar refractivity (Wildman–Crippen MR) is 88.5 cm³/mol. The lowest BCUT2D eigenvalue weighted by Gasteiger charge is -2.24. The zero-order chi connectivity index (χ0) is 17.2. The monoisotopic (exact) mass is 333 g/mol. The zero-order valence-electron chi connectivity index (χ0n) is 13.8. The number of halogens is 1. The fourth-order valence-corrected chi connectivity index (χ4v) is 4.17. The van der Waals surface area contributed by atoms with Crippen molar-refractivity contribution < 1.29 is 14.0 Å². The van der Waals surface area contributed by atoms with Gasteiger partial charge in [-0.1, -0.05) is 18.6 Å². The molecule has 1 heterocycles. The van der Waals surface area contributed by atoms with E-state index in [0.29, 0.717) is 32.0 Å². The molecule has 2 aliphatic rings. The van der Waals surface area contributed by atoms with Crippen molar-refractivity contribution in [3.05, 3.63) is 35.6 Å². The molecule has 0 aromatic heterocycles. The van der Waals surface area contributed by atoms with Gasteiger partial charge in [0.05, 0.1) is 12.0 Å². The number of benzene rings is 1. The van der Waals surface area contributed by atoms with Gasteiger partial charge in [0.2, 0.25) is 11.8 Å². The number of likely N-dealkylation sites (tertiary alicyclic amines) is 1. The molecular weight excluding hydrogens is 309 g/mol. The SMILES string of the molecule is NC(=O)[C@]12CCC[C@H]1CN(CC(=O)NCCc1ccc(F)cc1)C2. The van der Waals surface area contributed by atoms with Crippen molar-refractivity contribution >= 4 is 11.8 Å². The van der Waals surface area contributed by atoms with Crippen LogP contribution >= 0.6 is 0 Å². The quantitative estimate of drug-likeness (QED) is 0.818. The molecule has 130 valence electrons. The number of nitrogens with two attached hydrogens (primary N) is 1. The van der Waals surface area contributed by atoms with Crippen LogP contribution in [0.3, 0.4) is 0 Å². The molecule has 0 unspecified atom stereocenters. The lowest BCUT2D eigenvalue weighted by atomic mass is 9.80. The summed E-state index contributed by atoms with van der Waals surface area (Å²) in [5.41, 5.74) is 6.19. The molecule has 0 bridgehead atoms. The van der Waals surface area contributed by atoms with E-state index in [9.17, 15) is 14.0 Å². The molecule has 6 heteroatoms. The Labute approximate surface area is 141 Å². The van der Waals surface area contributed by atoms with E-state index in [1.54, 1.807) is 12.1 Å². The van der Waals surface area contributed by atoms with Crippen LogP contribution in [0, 0.1) is 17.2 Å². The normalized spacial score (nSPS) is 26.3. The van der Waals surface area contributed by atoms with Crippen molar-refractivity contribution in [2.24, 2.45) is 17.1 Å². The standard InChI is InChI=1S/C18H24FN3O2/c19-15-5-3-13(4-6-15)7-9-21-16(23)11-22-10-14-2-1-8-18(14,12-22)17(20)24/h3-6,14H,1-2,7-12H2,(H2,20,24)(H,21,23)/t14-,18-/m0/s1. The van der Waals surface area contributed by atoms with E-state index >= 15 is 0 Å². The third-order valence-electron chi connectivity index (χ3n) is 5.45. The van der Waals surface area contributed by atoms with E-state index in [1.807, 2.05) is 4.90 Å². The summed E-state index contributed by atoms with van der Waals surface area (Å²) in [5, 5.41) is 2.89. The molecule has 0 radical (unpaired) electrons. The summed E-state index contributed by atoms with van der Waals surface area (Å²) in [6.45, 7) is 2.18. The van der Waals surface area contributed by atoms with Crippen molar-refractivity contribution in [1.82, 2.24) is 10.2 Å². The molecule has 3 N–H and O–H groups in total. The largest absolute Gasteiger partial charge is 0.369 e. The number of nitrogens with one attached hydrogen (secondary N) is 1. The highest BCUT2D eigenvalue weighted by Crippen LogP contribution is 2.48. The number of hydrogen-bond donors (Lipinski definition) is 2. The molecule has 1 saturated heterocycles. The second kappa shape index (κ2) is 6.89. The zero-order valence-corrected chi connectivity index (χ0v) is 13.8. The van der Waals surface area contributed by atoms with Crippen molar-refractivity contribution in [2.45, 2.75) is 25.7 Å². The molecule has 0 spiro atoms. The third kappa shape index (κ3) is 3.43. The van der Waals surface area contributed by atoms with Gasteiger partial charge in [-0.05, 0) is 42.9 Å². The van der Waals surface area contributed by atoms with Crippen LogP contribution in [0.2, 0.25) is 0 Å². The van der Waals surface area contributed by atoms with E-state index in [-0.39, 0.29) is 17.6 Å². The van der Waals surface area contributed by atoms with Crippen molar-refractivity contribution in [3.8, 4) is 0 Å². The minimum Gasteiger partial charge on any atom is -0.369 e. The average Bonchev–Trinajstić information content (AvgIpc) is 3.07. The molecule has 1 aromatic rings. The second-order valence-corrected chi connectivity index (χ2v) is 7.01. The predicted octanol–water partition coefficient (Wildman–Crippen LogP) is 1.07. The molecule has 1 aliphatic heterocycles. The van der Waals surface area contributed by atoms with Crippen LogP contribution in [0.4, 0.5) is 4.39 Å². The van der Waals surface area contributed by atoms with Gasteiger partial charge in [-0.3, -0.25) is 14.5 Å². The minimum atomic E-state index is -0.422. The Hall–Kier alpha value is -1.95. The molecule has 3 rings (SSSR count). The number of rotatable bonds is 6. The van der Waals surface area contributed by atoms with Gasteiger partial charge < -0.3 is 11.1 Å². The van der Waals surface area contributed by atoms with Crippen LogP contribution in [0.15, 0.2) is 24.3 Å². The highest BCUT2D eigenvalue weighted by molar-refractivity contribution is 5.83. The summed E-state index contributed by atoms with van der Waals surface area (Å²) in [5.74, 6) is -0.228. The van der Waals surface area contributed by atoms with Crippen LogP contribution < -0.4 is 11.1 Å². The minimum absolute atomic E-state index is 0.0447. The maximum atomic E-state index is 12.8. The number of carbonyl (C=O) groups is 2. The van der Waals surface area contributed by atoms with Gasteiger partial charge in [0.1, 0.15) is 5.82 Å². The number of hydrogen-bond acceptors (Lipinski definition) is 3. The summed E-state index contributed by atoms with van der Waals surface area (Å²) >= 11 is 0. The lowest BCUT2D eigenvalue weighted by molar-refractivity contribution is -0.128.